The Morgan fingerprint density at radius 3 is 2.33 bits per heavy atom. The molecule has 5 nitrogen and oxygen atoms in total. The molecule has 0 aliphatic heterocycles. The highest BCUT2D eigenvalue weighted by molar-refractivity contribution is 6.05. The second-order valence-corrected chi connectivity index (χ2v) is 6.36. The minimum absolute atomic E-state index is 0.0276. The molecule has 0 aliphatic carbocycles. The summed E-state index contributed by atoms with van der Waals surface area (Å²) in [6, 6.07) is 11.8. The van der Waals surface area contributed by atoms with Gasteiger partial charge in [0.05, 0.1) is 17.1 Å². The molecule has 1 aromatic heterocycles. The lowest BCUT2D eigenvalue weighted by molar-refractivity contribution is 0.102. The summed E-state index contributed by atoms with van der Waals surface area (Å²) in [5, 5.41) is 2.87. The van der Waals surface area contributed by atoms with E-state index in [1.165, 1.54) is 12.1 Å². The van der Waals surface area contributed by atoms with Crippen molar-refractivity contribution in [1.29, 1.82) is 0 Å². The molecule has 0 saturated heterocycles. The summed E-state index contributed by atoms with van der Waals surface area (Å²) in [6.07, 6.45) is 0. The van der Waals surface area contributed by atoms with Gasteiger partial charge in [0.25, 0.3) is 5.91 Å². The van der Waals surface area contributed by atoms with Crippen molar-refractivity contribution in [2.24, 2.45) is 0 Å². The molecule has 138 valence electrons. The van der Waals surface area contributed by atoms with Crippen molar-refractivity contribution >= 4 is 11.6 Å². The molecule has 3 rings (SSSR count). The summed E-state index contributed by atoms with van der Waals surface area (Å²) in [4.78, 5) is 21.1. The smallest absolute Gasteiger partial charge is 0.322 e. The Bertz CT molecular complexity index is 995. The average molecular weight is 365 g/mol. The lowest BCUT2D eigenvalue weighted by Crippen LogP contribution is -2.16. The molecule has 0 fully saturated rings. The number of anilines is 1. The molecule has 6 heteroatoms. The molecule has 0 aliphatic rings. The van der Waals surface area contributed by atoms with Crippen LogP contribution in [0.15, 0.2) is 42.5 Å². The minimum Gasteiger partial charge on any atom is -0.421 e. The van der Waals surface area contributed by atoms with Crippen LogP contribution >= 0.6 is 0 Å². The molecule has 1 heterocycles. The molecule has 2 aromatic carbocycles. The van der Waals surface area contributed by atoms with Crippen LogP contribution in [0.1, 0.15) is 32.9 Å². The zero-order valence-corrected chi connectivity index (χ0v) is 15.6. The van der Waals surface area contributed by atoms with Crippen molar-refractivity contribution in [3.63, 3.8) is 0 Å². The van der Waals surface area contributed by atoms with Crippen LogP contribution in [0.25, 0.3) is 0 Å². The van der Waals surface area contributed by atoms with E-state index in [4.69, 9.17) is 4.74 Å². The molecule has 3 aromatic rings. The molecule has 1 N–H and O–H groups in total. The lowest BCUT2D eigenvalue weighted by atomic mass is 10.0. The van der Waals surface area contributed by atoms with Crippen LogP contribution in [-0.4, -0.2) is 15.9 Å². The Morgan fingerprint density at radius 2 is 1.67 bits per heavy atom. The van der Waals surface area contributed by atoms with E-state index < -0.39 is 5.82 Å². The Labute approximate surface area is 157 Å². The minimum atomic E-state index is -0.497. The highest BCUT2D eigenvalue weighted by Gasteiger charge is 2.16. The predicted molar refractivity (Wildman–Crippen MR) is 102 cm³/mol. The molecule has 0 spiro atoms. The Hall–Kier alpha value is -3.28. The third-order valence-electron chi connectivity index (χ3n) is 4.16. The number of benzene rings is 2. The van der Waals surface area contributed by atoms with Crippen LogP contribution in [0.3, 0.4) is 0 Å². The van der Waals surface area contributed by atoms with Gasteiger partial charge < -0.3 is 10.1 Å². The van der Waals surface area contributed by atoms with Gasteiger partial charge in [-0.2, -0.15) is 9.97 Å². The third-order valence-corrected chi connectivity index (χ3v) is 4.16. The van der Waals surface area contributed by atoms with E-state index in [-0.39, 0.29) is 17.7 Å². The number of rotatable bonds is 4. The summed E-state index contributed by atoms with van der Waals surface area (Å²) in [5.74, 6) is -0.680. The van der Waals surface area contributed by atoms with Gasteiger partial charge in [0.15, 0.2) is 11.6 Å². The van der Waals surface area contributed by atoms with Crippen molar-refractivity contribution in [3.8, 4) is 11.8 Å². The van der Waals surface area contributed by atoms with E-state index in [9.17, 15) is 9.18 Å². The van der Waals surface area contributed by atoms with E-state index in [0.29, 0.717) is 22.6 Å². The SMILES string of the molecule is Cc1ccc(C)c(C(=O)Nc2c(C)nc(Oc3ccccc3F)nc2C)c1. The highest BCUT2D eigenvalue weighted by Crippen LogP contribution is 2.25. The van der Waals surface area contributed by atoms with E-state index in [1.807, 2.05) is 32.0 Å². The summed E-state index contributed by atoms with van der Waals surface area (Å²) >= 11 is 0. The van der Waals surface area contributed by atoms with Crippen LogP contribution in [0.4, 0.5) is 10.1 Å². The van der Waals surface area contributed by atoms with Gasteiger partial charge in [-0.25, -0.2) is 4.39 Å². The first-order chi connectivity index (χ1) is 12.8. The first-order valence-corrected chi connectivity index (χ1v) is 8.51. The monoisotopic (exact) mass is 365 g/mol. The van der Waals surface area contributed by atoms with Gasteiger partial charge in [0, 0.05) is 5.56 Å². The van der Waals surface area contributed by atoms with E-state index >= 15 is 0 Å². The number of halogens is 1. The quantitative estimate of drug-likeness (QED) is 0.715. The molecule has 0 bridgehead atoms. The van der Waals surface area contributed by atoms with Crippen LogP contribution in [0.5, 0.6) is 11.8 Å². The molecule has 27 heavy (non-hydrogen) atoms. The number of hydrogen-bond acceptors (Lipinski definition) is 4. The lowest BCUT2D eigenvalue weighted by Gasteiger charge is -2.14. The average Bonchev–Trinajstić information content (AvgIpc) is 2.62. The maximum Gasteiger partial charge on any atom is 0.322 e. The number of aryl methyl sites for hydroxylation is 4. The summed E-state index contributed by atoms with van der Waals surface area (Å²) in [5.41, 5.74) is 4.07. The number of amides is 1. The molecule has 0 unspecified atom stereocenters. The second-order valence-electron chi connectivity index (χ2n) is 6.36. The molecular weight excluding hydrogens is 345 g/mol. The number of carbonyl (C=O) groups excluding carboxylic acids is 1. The topological polar surface area (TPSA) is 64.1 Å². The molecular formula is C21H20FN3O2. The van der Waals surface area contributed by atoms with Gasteiger partial charge in [0.2, 0.25) is 0 Å². The van der Waals surface area contributed by atoms with Crippen LogP contribution in [0.2, 0.25) is 0 Å². The predicted octanol–water partition coefficient (Wildman–Crippen LogP) is 4.89. The first kappa shape index (κ1) is 18.5. The number of nitrogens with zero attached hydrogens (tertiary/aromatic N) is 2. The summed E-state index contributed by atoms with van der Waals surface area (Å²) in [7, 11) is 0. The maximum atomic E-state index is 13.7. The molecule has 0 radical (unpaired) electrons. The van der Waals surface area contributed by atoms with Gasteiger partial charge in [-0.3, -0.25) is 4.79 Å². The van der Waals surface area contributed by atoms with Gasteiger partial charge in [-0.15, -0.1) is 0 Å². The number of carbonyl (C=O) groups is 1. The fourth-order valence-corrected chi connectivity index (χ4v) is 2.70. The summed E-state index contributed by atoms with van der Waals surface area (Å²) < 4.78 is 19.2. The first-order valence-electron chi connectivity index (χ1n) is 8.51. The third kappa shape index (κ3) is 4.11. The normalized spacial score (nSPS) is 10.6. The largest absolute Gasteiger partial charge is 0.421 e. The number of nitrogens with one attached hydrogen (secondary N) is 1. The zero-order chi connectivity index (χ0) is 19.6. The fourth-order valence-electron chi connectivity index (χ4n) is 2.70. The van der Waals surface area contributed by atoms with E-state index in [2.05, 4.69) is 15.3 Å². The standard InChI is InChI=1S/C21H20FN3O2/c1-12-9-10-13(2)16(11-12)20(26)25-19-14(3)23-21(24-15(19)4)27-18-8-6-5-7-17(18)22/h5-11H,1-4H3,(H,25,26). The number of para-hydroxylation sites is 1. The van der Waals surface area contributed by atoms with Gasteiger partial charge in [0.1, 0.15) is 0 Å². The maximum absolute atomic E-state index is 13.7. The van der Waals surface area contributed by atoms with E-state index in [0.717, 1.165) is 11.1 Å². The molecule has 1 amide bonds. The van der Waals surface area contributed by atoms with Crippen molar-refractivity contribution in [1.82, 2.24) is 9.97 Å². The van der Waals surface area contributed by atoms with Crippen molar-refractivity contribution in [3.05, 3.63) is 76.4 Å². The van der Waals surface area contributed by atoms with Gasteiger partial charge in [-0.05, 0) is 51.5 Å². The Balaban J connectivity index is 1.86. The second kappa shape index (κ2) is 7.53. The highest BCUT2D eigenvalue weighted by atomic mass is 19.1. The molecule has 0 atom stereocenters. The number of hydrogen-bond donors (Lipinski definition) is 1. The Kier molecular flexibility index (Phi) is 5.16. The molecule has 0 saturated carbocycles. The van der Waals surface area contributed by atoms with E-state index in [1.54, 1.807) is 26.0 Å². The van der Waals surface area contributed by atoms with Gasteiger partial charge in [-0.1, -0.05) is 29.8 Å². The Morgan fingerprint density at radius 1 is 1.00 bits per heavy atom. The van der Waals surface area contributed by atoms with Crippen LogP contribution < -0.4 is 10.1 Å². The van der Waals surface area contributed by atoms with Crippen LogP contribution in [0, 0.1) is 33.5 Å². The zero-order valence-electron chi connectivity index (χ0n) is 15.6. The van der Waals surface area contributed by atoms with Gasteiger partial charge >= 0.3 is 6.01 Å². The summed E-state index contributed by atoms with van der Waals surface area (Å²) in [6.45, 7) is 7.30. The van der Waals surface area contributed by atoms with Crippen molar-refractivity contribution < 1.29 is 13.9 Å². The fraction of sp³-hybridized carbons (Fsp3) is 0.190. The number of aromatic nitrogens is 2. The number of ether oxygens (including phenoxy) is 1. The van der Waals surface area contributed by atoms with Crippen LogP contribution in [-0.2, 0) is 0 Å². The van der Waals surface area contributed by atoms with Crippen molar-refractivity contribution in [2.75, 3.05) is 5.32 Å². The van der Waals surface area contributed by atoms with Crippen molar-refractivity contribution in [2.45, 2.75) is 27.7 Å².